The monoisotopic (exact) mass is 480 g/mol. The number of carbonyl (C=O) groups is 1. The summed E-state index contributed by atoms with van der Waals surface area (Å²) >= 11 is 0. The van der Waals surface area contributed by atoms with Gasteiger partial charge in [-0.05, 0) is 63.9 Å². The van der Waals surface area contributed by atoms with E-state index < -0.39 is 10.0 Å². The molecule has 2 aromatic carbocycles. The Labute approximate surface area is 202 Å². The van der Waals surface area contributed by atoms with Crippen molar-refractivity contribution in [2.24, 2.45) is 0 Å². The van der Waals surface area contributed by atoms with Crippen molar-refractivity contribution in [3.05, 3.63) is 77.1 Å². The van der Waals surface area contributed by atoms with Crippen molar-refractivity contribution in [3.63, 3.8) is 0 Å². The van der Waals surface area contributed by atoms with Gasteiger partial charge in [0.25, 0.3) is 5.91 Å². The minimum atomic E-state index is -3.64. The van der Waals surface area contributed by atoms with Gasteiger partial charge in [-0.2, -0.15) is 9.40 Å². The van der Waals surface area contributed by atoms with Gasteiger partial charge in [-0.15, -0.1) is 0 Å². The van der Waals surface area contributed by atoms with Gasteiger partial charge in [0.1, 0.15) is 0 Å². The molecule has 0 saturated carbocycles. The zero-order valence-corrected chi connectivity index (χ0v) is 21.0. The van der Waals surface area contributed by atoms with Crippen LogP contribution in [-0.4, -0.2) is 52.9 Å². The first kappa shape index (κ1) is 24.2. The van der Waals surface area contributed by atoms with Gasteiger partial charge < -0.3 is 4.90 Å². The molecule has 2 heterocycles. The molecule has 0 bridgehead atoms. The van der Waals surface area contributed by atoms with Crippen LogP contribution in [0.15, 0.2) is 59.5 Å². The number of carbonyl (C=O) groups excluding carboxylic acids is 1. The Morgan fingerprint density at radius 1 is 1.09 bits per heavy atom. The van der Waals surface area contributed by atoms with Crippen molar-refractivity contribution < 1.29 is 13.2 Å². The van der Waals surface area contributed by atoms with E-state index in [-0.39, 0.29) is 16.8 Å². The Balaban J connectivity index is 1.56. The molecule has 0 radical (unpaired) electrons. The summed E-state index contributed by atoms with van der Waals surface area (Å²) in [6.07, 6.45) is 2.76. The summed E-state index contributed by atoms with van der Waals surface area (Å²) in [6.45, 7) is 6.77. The highest BCUT2D eigenvalue weighted by atomic mass is 32.2. The molecular formula is C26H32N4O3S. The lowest BCUT2D eigenvalue weighted by Crippen LogP contribution is -2.42. The zero-order chi connectivity index (χ0) is 24.5. The zero-order valence-electron chi connectivity index (χ0n) is 20.2. The van der Waals surface area contributed by atoms with Crippen molar-refractivity contribution >= 4 is 15.9 Å². The van der Waals surface area contributed by atoms with Gasteiger partial charge in [0, 0.05) is 43.0 Å². The molecule has 1 aliphatic heterocycles. The Kier molecular flexibility index (Phi) is 6.91. The van der Waals surface area contributed by atoms with Crippen LogP contribution in [0.4, 0.5) is 0 Å². The molecule has 1 aromatic heterocycles. The summed E-state index contributed by atoms with van der Waals surface area (Å²) in [6, 6.07) is 16.2. The fourth-order valence-electron chi connectivity index (χ4n) is 4.61. The van der Waals surface area contributed by atoms with Crippen LogP contribution in [0.25, 0.3) is 5.69 Å². The highest BCUT2D eigenvalue weighted by Crippen LogP contribution is 2.26. The number of hydrogen-bond donors (Lipinski definition) is 0. The first-order chi connectivity index (χ1) is 16.2. The fourth-order valence-corrected chi connectivity index (χ4v) is 6.35. The molecular weight excluding hydrogens is 448 g/mol. The number of benzene rings is 2. The van der Waals surface area contributed by atoms with Crippen molar-refractivity contribution in [1.82, 2.24) is 19.0 Å². The number of amides is 1. The molecule has 4 rings (SSSR count). The minimum Gasteiger partial charge on any atom is -0.337 e. The molecule has 1 unspecified atom stereocenters. The lowest BCUT2D eigenvalue weighted by Gasteiger charge is -2.32. The number of para-hydroxylation sites is 1. The van der Waals surface area contributed by atoms with Crippen LogP contribution in [0.5, 0.6) is 0 Å². The van der Waals surface area contributed by atoms with Gasteiger partial charge in [0.2, 0.25) is 10.0 Å². The van der Waals surface area contributed by atoms with Crippen molar-refractivity contribution in [1.29, 1.82) is 0 Å². The van der Waals surface area contributed by atoms with Crippen LogP contribution < -0.4 is 0 Å². The van der Waals surface area contributed by atoms with Gasteiger partial charge in [-0.3, -0.25) is 4.79 Å². The molecule has 1 amide bonds. The third-order valence-electron chi connectivity index (χ3n) is 6.61. The third-order valence-corrected chi connectivity index (χ3v) is 8.62. The topological polar surface area (TPSA) is 75.5 Å². The van der Waals surface area contributed by atoms with E-state index in [9.17, 15) is 13.2 Å². The molecule has 0 aliphatic carbocycles. The number of rotatable bonds is 6. The molecule has 8 heteroatoms. The first-order valence-corrected chi connectivity index (χ1v) is 13.1. The third kappa shape index (κ3) is 4.65. The van der Waals surface area contributed by atoms with Gasteiger partial charge >= 0.3 is 0 Å². The summed E-state index contributed by atoms with van der Waals surface area (Å²) in [5, 5.41) is 4.66. The van der Waals surface area contributed by atoms with Crippen LogP contribution in [-0.2, 0) is 16.6 Å². The normalized spacial score (nSPS) is 17.0. The summed E-state index contributed by atoms with van der Waals surface area (Å²) in [5.41, 5.74) is 4.13. The second-order valence-corrected chi connectivity index (χ2v) is 10.9. The molecule has 0 N–H and O–H groups in total. The van der Waals surface area contributed by atoms with E-state index in [1.165, 1.54) is 6.07 Å². The lowest BCUT2D eigenvalue weighted by molar-refractivity contribution is 0.0784. The van der Waals surface area contributed by atoms with Gasteiger partial charge in [-0.1, -0.05) is 30.7 Å². The maximum atomic E-state index is 13.3. The number of sulfonamides is 1. The standard InChI is InChI=1S/C26H32N4O3S/c1-19-11-8-9-16-29(19)34(32,33)24-15-10-12-22(17-24)26(31)28(4)18-25-20(2)27-30(21(25)3)23-13-6-5-7-14-23/h5-7,10,12-15,17,19H,8-9,11,16,18H2,1-4H3. The maximum Gasteiger partial charge on any atom is 0.253 e. The van der Waals surface area contributed by atoms with Crippen molar-refractivity contribution in [2.75, 3.05) is 13.6 Å². The maximum absolute atomic E-state index is 13.3. The first-order valence-electron chi connectivity index (χ1n) is 11.7. The number of aryl methyl sites for hydroxylation is 1. The van der Waals surface area contributed by atoms with E-state index >= 15 is 0 Å². The quantitative estimate of drug-likeness (QED) is 0.526. The summed E-state index contributed by atoms with van der Waals surface area (Å²) in [7, 11) is -1.91. The smallest absolute Gasteiger partial charge is 0.253 e. The number of piperidine rings is 1. The summed E-state index contributed by atoms with van der Waals surface area (Å²) < 4.78 is 29.9. The predicted octanol–water partition coefficient (Wildman–Crippen LogP) is 4.32. The molecule has 1 fully saturated rings. The molecule has 34 heavy (non-hydrogen) atoms. The SMILES string of the molecule is Cc1nn(-c2ccccc2)c(C)c1CN(C)C(=O)c1cccc(S(=O)(=O)N2CCCCC2C)c1. The average Bonchev–Trinajstić information content (AvgIpc) is 3.12. The van der Waals surface area contributed by atoms with Crippen LogP contribution in [0, 0.1) is 13.8 Å². The Morgan fingerprint density at radius 3 is 2.53 bits per heavy atom. The Morgan fingerprint density at radius 2 is 1.82 bits per heavy atom. The van der Waals surface area contributed by atoms with Crippen LogP contribution >= 0.6 is 0 Å². The second kappa shape index (κ2) is 9.72. The minimum absolute atomic E-state index is 0.0344. The van der Waals surface area contributed by atoms with Gasteiger partial charge in [0.05, 0.1) is 16.3 Å². The van der Waals surface area contributed by atoms with Crippen molar-refractivity contribution in [3.8, 4) is 5.69 Å². The predicted molar refractivity (Wildman–Crippen MR) is 132 cm³/mol. The molecule has 1 atom stereocenters. The van der Waals surface area contributed by atoms with Crippen LogP contribution in [0.2, 0.25) is 0 Å². The molecule has 3 aromatic rings. The molecule has 180 valence electrons. The van der Waals surface area contributed by atoms with E-state index in [1.807, 2.05) is 55.8 Å². The highest BCUT2D eigenvalue weighted by Gasteiger charge is 2.31. The van der Waals surface area contributed by atoms with Crippen molar-refractivity contribution in [2.45, 2.75) is 57.5 Å². The van der Waals surface area contributed by atoms with Crippen LogP contribution in [0.1, 0.15) is 53.5 Å². The molecule has 1 aliphatic rings. The van der Waals surface area contributed by atoms with Crippen LogP contribution in [0.3, 0.4) is 0 Å². The van der Waals surface area contributed by atoms with E-state index in [0.717, 1.165) is 41.9 Å². The molecule has 7 nitrogen and oxygen atoms in total. The second-order valence-electron chi connectivity index (χ2n) is 9.05. The number of hydrogen-bond acceptors (Lipinski definition) is 4. The Hall–Kier alpha value is -2.97. The molecule has 0 spiro atoms. The van der Waals surface area contributed by atoms with E-state index in [0.29, 0.717) is 18.7 Å². The van der Waals surface area contributed by atoms with E-state index in [1.54, 1.807) is 34.5 Å². The summed E-state index contributed by atoms with van der Waals surface area (Å²) in [5.74, 6) is -0.227. The lowest BCUT2D eigenvalue weighted by atomic mass is 10.1. The highest BCUT2D eigenvalue weighted by molar-refractivity contribution is 7.89. The summed E-state index contributed by atoms with van der Waals surface area (Å²) in [4.78, 5) is 15.0. The largest absolute Gasteiger partial charge is 0.337 e. The fraction of sp³-hybridized carbons (Fsp3) is 0.385. The molecule has 1 saturated heterocycles. The number of nitrogens with zero attached hydrogens (tertiary/aromatic N) is 4. The van der Waals surface area contributed by atoms with E-state index in [4.69, 9.17) is 0 Å². The van der Waals surface area contributed by atoms with Gasteiger partial charge in [0.15, 0.2) is 0 Å². The van der Waals surface area contributed by atoms with Gasteiger partial charge in [-0.25, -0.2) is 13.1 Å². The average molecular weight is 481 g/mol. The number of aromatic nitrogens is 2. The van der Waals surface area contributed by atoms with E-state index in [2.05, 4.69) is 5.10 Å². The Bertz CT molecular complexity index is 1280.